The fourth-order valence-electron chi connectivity index (χ4n) is 9.06. The van der Waals surface area contributed by atoms with E-state index in [4.69, 9.17) is 15.0 Å². The summed E-state index contributed by atoms with van der Waals surface area (Å²) in [5.41, 5.74) is 12.8. The molecule has 0 fully saturated rings. The zero-order valence-corrected chi connectivity index (χ0v) is 41.3. The van der Waals surface area contributed by atoms with Gasteiger partial charge in [0.05, 0.1) is 16.7 Å². The molecule has 1 aliphatic rings. The Kier molecular flexibility index (Phi) is 12.9. The largest absolute Gasteiger partial charge is 0.339 e. The monoisotopic (exact) mass is 1040 g/mol. The number of aromatic nitrogens is 2. The van der Waals surface area contributed by atoms with Crippen molar-refractivity contribution in [2.24, 2.45) is 4.99 Å². The van der Waals surface area contributed by atoms with E-state index in [-0.39, 0.29) is 5.78 Å². The van der Waals surface area contributed by atoms with Gasteiger partial charge in [-0.25, -0.2) is 15.0 Å². The Morgan fingerprint density at radius 3 is 1.55 bits per heavy atom. The molecule has 12 aromatic rings. The van der Waals surface area contributed by atoms with E-state index in [1.54, 1.807) is 6.08 Å². The molecule has 71 heavy (non-hydrogen) atoms. The van der Waals surface area contributed by atoms with Crippen LogP contribution >= 0.6 is 31.9 Å². The first-order valence-electron chi connectivity index (χ1n) is 23.3. The lowest BCUT2D eigenvalue weighted by Gasteiger charge is -2.19. The van der Waals surface area contributed by atoms with Crippen LogP contribution in [0.15, 0.2) is 257 Å². The fraction of sp³-hybridized carbons (Fsp3) is 0. The number of carbonyl (C=O) groups excluding carboxylic acids is 1. The van der Waals surface area contributed by atoms with Crippen molar-refractivity contribution < 1.29 is 4.79 Å². The second-order valence-electron chi connectivity index (χ2n) is 17.0. The third-order valence-corrected chi connectivity index (χ3v) is 13.5. The summed E-state index contributed by atoms with van der Waals surface area (Å²) in [4.78, 5) is 26.5. The molecule has 0 aliphatic carbocycles. The van der Waals surface area contributed by atoms with Crippen LogP contribution in [0.2, 0.25) is 0 Å². The number of hydrogen-bond donors (Lipinski definition) is 1. The van der Waals surface area contributed by atoms with Crippen molar-refractivity contribution in [3.63, 3.8) is 0 Å². The van der Waals surface area contributed by atoms with Gasteiger partial charge in [-0.1, -0.05) is 220 Å². The van der Waals surface area contributed by atoms with Gasteiger partial charge in [0.2, 0.25) is 0 Å². The van der Waals surface area contributed by atoms with Gasteiger partial charge in [-0.3, -0.25) is 4.79 Å². The van der Waals surface area contributed by atoms with Crippen molar-refractivity contribution in [1.29, 1.82) is 0 Å². The normalized spacial score (nSPS) is 11.7. The summed E-state index contributed by atoms with van der Waals surface area (Å²) in [6, 6.07) is 80.2. The van der Waals surface area contributed by atoms with Gasteiger partial charge in [0.1, 0.15) is 5.84 Å². The van der Waals surface area contributed by atoms with Crippen molar-refractivity contribution in [2.75, 3.05) is 5.32 Å². The highest BCUT2D eigenvalue weighted by Gasteiger charge is 2.19. The molecular weight excluding hydrogens is 1000 g/mol. The molecule has 338 valence electrons. The Bertz CT molecular complexity index is 3790. The number of anilines is 1. The number of amidine groups is 1. The number of rotatable bonds is 7. The van der Waals surface area contributed by atoms with E-state index in [2.05, 4.69) is 189 Å². The Balaban J connectivity index is 0.000000128. The summed E-state index contributed by atoms with van der Waals surface area (Å²) in [5.74, 6) is 1.67. The van der Waals surface area contributed by atoms with Crippen LogP contribution in [0.3, 0.4) is 0 Å². The maximum absolute atomic E-state index is 11.7. The Hall–Kier alpha value is -8.36. The average molecular weight is 1040 g/mol. The van der Waals surface area contributed by atoms with Crippen molar-refractivity contribution >= 4 is 104 Å². The maximum atomic E-state index is 11.7. The van der Waals surface area contributed by atoms with Gasteiger partial charge in [-0.15, -0.1) is 0 Å². The molecule has 0 radical (unpaired) electrons. The van der Waals surface area contributed by atoms with Crippen LogP contribution < -0.4 is 5.32 Å². The van der Waals surface area contributed by atoms with Crippen molar-refractivity contribution in [3.8, 4) is 33.6 Å². The summed E-state index contributed by atoms with van der Waals surface area (Å²) >= 11 is 6.98. The predicted molar refractivity (Wildman–Crippen MR) is 304 cm³/mol. The van der Waals surface area contributed by atoms with E-state index in [9.17, 15) is 4.79 Å². The number of carbonyl (C=O) groups is 1. The summed E-state index contributed by atoms with van der Waals surface area (Å²) in [5, 5.41) is 10.6. The lowest BCUT2D eigenvalue weighted by atomic mass is 9.87. The van der Waals surface area contributed by atoms with Gasteiger partial charge >= 0.3 is 0 Å². The van der Waals surface area contributed by atoms with Gasteiger partial charge in [0.25, 0.3) is 0 Å². The zero-order valence-electron chi connectivity index (χ0n) is 38.2. The van der Waals surface area contributed by atoms with Gasteiger partial charge < -0.3 is 5.32 Å². The lowest BCUT2D eigenvalue weighted by molar-refractivity contribution is 0.104. The summed E-state index contributed by atoms with van der Waals surface area (Å²) < 4.78 is 2.11. The first-order chi connectivity index (χ1) is 34.9. The highest BCUT2D eigenvalue weighted by molar-refractivity contribution is 9.10. The topological polar surface area (TPSA) is 67.2 Å². The predicted octanol–water partition coefficient (Wildman–Crippen LogP) is 17.8. The van der Waals surface area contributed by atoms with Crippen LogP contribution in [0.4, 0.5) is 11.4 Å². The van der Waals surface area contributed by atoms with Gasteiger partial charge in [-0.2, -0.15) is 0 Å². The van der Waals surface area contributed by atoms with Crippen LogP contribution in [-0.4, -0.2) is 21.6 Å². The molecule has 7 heteroatoms. The highest BCUT2D eigenvalue weighted by atomic mass is 79.9. The number of halogens is 2. The lowest BCUT2D eigenvalue weighted by Crippen LogP contribution is -2.16. The molecule has 0 saturated heterocycles. The average Bonchev–Trinajstić information content (AvgIpc) is 3.43. The number of nitrogens with zero attached hydrogens (tertiary/aromatic N) is 3. The molecule has 1 N–H and O–H groups in total. The SMILES string of the molecule is Brc1ccc(-c2nc3ccc4c(-c5ccccc5)cc(-c5ccccc5)c5ccc(n2)c3c45)cc1.Brc1ccc(C2=Nc3cccc4cccc(c34)N2)cc1.O=C(/C=C/c1ccccc1)c1ccccc1. The van der Waals surface area contributed by atoms with E-state index < -0.39 is 0 Å². The molecule has 13 rings (SSSR count). The second kappa shape index (κ2) is 20.3. The minimum Gasteiger partial charge on any atom is -0.339 e. The molecule has 0 unspecified atom stereocenters. The molecule has 5 nitrogen and oxygen atoms in total. The molecule has 0 spiro atoms. The van der Waals surface area contributed by atoms with E-state index in [0.29, 0.717) is 0 Å². The van der Waals surface area contributed by atoms with Crippen LogP contribution in [0.25, 0.3) is 83.1 Å². The first-order valence-corrected chi connectivity index (χ1v) is 24.8. The Morgan fingerprint density at radius 2 is 0.972 bits per heavy atom. The van der Waals surface area contributed by atoms with Gasteiger partial charge in [0, 0.05) is 47.5 Å². The van der Waals surface area contributed by atoms with Crippen molar-refractivity contribution in [3.05, 3.63) is 268 Å². The van der Waals surface area contributed by atoms with Crippen LogP contribution in [-0.2, 0) is 0 Å². The molecular formula is C64H42Br2N4O. The van der Waals surface area contributed by atoms with E-state index in [1.807, 2.05) is 91.0 Å². The first kappa shape index (κ1) is 45.1. The molecule has 0 saturated carbocycles. The second-order valence-corrected chi connectivity index (χ2v) is 18.9. The third kappa shape index (κ3) is 9.66. The number of nitrogens with one attached hydrogen (secondary N) is 1. The Labute approximate surface area is 428 Å². The molecule has 1 aliphatic heterocycles. The Morgan fingerprint density at radius 1 is 0.451 bits per heavy atom. The highest BCUT2D eigenvalue weighted by Crippen LogP contribution is 2.44. The molecule has 11 aromatic carbocycles. The standard InChI is InChI=1S/C32H19BrN2.C17H11BrN2.C15H12O/c33-23-13-11-22(12-14-23)32-34-28-17-15-24-26(20-7-3-1-4-8-20)19-27(21-9-5-2-6-10-21)25-16-18-29(35-32)31(28)30(24)25;18-13-9-7-12(8-10-13)17-19-14-5-1-3-11-4-2-6-15(20-17)16(11)14;16-15(14-9-5-2-6-10-14)12-11-13-7-3-1-4-8-13/h1-19H;1-10H,(H,19,20);1-12H/b;;12-11+. The number of allylic oxidation sites excluding steroid dienone is 1. The fourth-order valence-corrected chi connectivity index (χ4v) is 9.59. The summed E-state index contributed by atoms with van der Waals surface area (Å²) in [6.07, 6.45) is 3.43. The minimum atomic E-state index is 0.0319. The van der Waals surface area contributed by atoms with Gasteiger partial charge in [-0.05, 0) is 105 Å². The molecule has 2 heterocycles. The number of aliphatic imine (C=N–C) groups is 1. The maximum Gasteiger partial charge on any atom is 0.185 e. The van der Waals surface area contributed by atoms with Crippen LogP contribution in [0, 0.1) is 0 Å². The number of ketones is 1. The molecule has 0 atom stereocenters. The van der Waals surface area contributed by atoms with Crippen molar-refractivity contribution in [2.45, 2.75) is 0 Å². The molecule has 1 aromatic heterocycles. The number of hydrogen-bond acceptors (Lipinski definition) is 5. The van der Waals surface area contributed by atoms with E-state index >= 15 is 0 Å². The number of benzene rings is 11. The third-order valence-electron chi connectivity index (χ3n) is 12.5. The molecule has 0 amide bonds. The summed E-state index contributed by atoms with van der Waals surface area (Å²) in [7, 11) is 0. The van der Waals surface area contributed by atoms with Crippen molar-refractivity contribution in [1.82, 2.24) is 9.97 Å². The zero-order chi connectivity index (χ0) is 48.1. The van der Waals surface area contributed by atoms with E-state index in [1.165, 1.54) is 49.2 Å². The minimum absolute atomic E-state index is 0.0319. The quantitative estimate of drug-likeness (QED) is 0.0981. The van der Waals surface area contributed by atoms with Crippen LogP contribution in [0.5, 0.6) is 0 Å². The smallest absolute Gasteiger partial charge is 0.185 e. The van der Waals surface area contributed by atoms with Crippen LogP contribution in [0.1, 0.15) is 21.5 Å². The van der Waals surface area contributed by atoms with E-state index in [0.717, 1.165) is 70.7 Å². The summed E-state index contributed by atoms with van der Waals surface area (Å²) in [6.45, 7) is 0. The molecule has 0 bridgehead atoms. The van der Waals surface area contributed by atoms with Gasteiger partial charge in [0.15, 0.2) is 11.6 Å².